The number of fused-ring (bicyclic) bond motifs is 1. The number of rotatable bonds is 5. The first-order valence-electron chi connectivity index (χ1n) is 7.74. The van der Waals surface area contributed by atoms with E-state index >= 15 is 0 Å². The molecule has 2 heterocycles. The zero-order chi connectivity index (χ0) is 17.1. The normalized spacial score (nSPS) is 12.0. The summed E-state index contributed by atoms with van der Waals surface area (Å²) < 4.78 is 10.7. The molecule has 6 nitrogen and oxygen atoms in total. The van der Waals surface area contributed by atoms with Gasteiger partial charge in [-0.05, 0) is 23.8 Å². The molecule has 1 aliphatic rings. The van der Waals surface area contributed by atoms with Gasteiger partial charge in [-0.2, -0.15) is 0 Å². The Bertz CT molecular complexity index is 904. The van der Waals surface area contributed by atoms with E-state index in [4.69, 9.17) is 21.1 Å². The van der Waals surface area contributed by atoms with Crippen molar-refractivity contribution in [2.24, 2.45) is 0 Å². The van der Waals surface area contributed by atoms with Gasteiger partial charge in [-0.3, -0.25) is 0 Å². The van der Waals surface area contributed by atoms with E-state index in [1.54, 1.807) is 0 Å². The number of benzene rings is 2. The van der Waals surface area contributed by atoms with Crippen LogP contribution in [-0.2, 0) is 6.54 Å². The lowest BCUT2D eigenvalue weighted by Crippen LogP contribution is -2.03. The van der Waals surface area contributed by atoms with Crippen LogP contribution in [0.4, 0.5) is 17.3 Å². The zero-order valence-corrected chi connectivity index (χ0v) is 14.0. The minimum atomic E-state index is 0.252. The summed E-state index contributed by atoms with van der Waals surface area (Å²) in [5.41, 5.74) is 1.87. The van der Waals surface area contributed by atoms with E-state index in [0.29, 0.717) is 18.2 Å². The van der Waals surface area contributed by atoms with E-state index in [-0.39, 0.29) is 6.79 Å². The molecule has 1 aromatic heterocycles. The topological polar surface area (TPSA) is 68.3 Å². The molecule has 4 rings (SSSR count). The number of anilines is 3. The number of aromatic nitrogens is 2. The van der Waals surface area contributed by atoms with Crippen molar-refractivity contribution < 1.29 is 9.47 Å². The monoisotopic (exact) mass is 354 g/mol. The highest BCUT2D eigenvalue weighted by Crippen LogP contribution is 2.35. The molecular formula is C18H15ClN4O2. The van der Waals surface area contributed by atoms with Crippen molar-refractivity contribution in [1.29, 1.82) is 0 Å². The summed E-state index contributed by atoms with van der Waals surface area (Å²) in [7, 11) is 0. The molecule has 0 radical (unpaired) electrons. The van der Waals surface area contributed by atoms with Gasteiger partial charge in [0.25, 0.3) is 0 Å². The van der Waals surface area contributed by atoms with Gasteiger partial charge in [-0.25, -0.2) is 9.97 Å². The largest absolute Gasteiger partial charge is 0.454 e. The van der Waals surface area contributed by atoms with Gasteiger partial charge in [0.1, 0.15) is 18.0 Å². The Morgan fingerprint density at radius 2 is 1.80 bits per heavy atom. The van der Waals surface area contributed by atoms with Crippen molar-refractivity contribution in [1.82, 2.24) is 9.97 Å². The lowest BCUT2D eigenvalue weighted by Gasteiger charge is -2.10. The highest BCUT2D eigenvalue weighted by Gasteiger charge is 2.13. The third kappa shape index (κ3) is 3.59. The highest BCUT2D eigenvalue weighted by molar-refractivity contribution is 6.31. The van der Waals surface area contributed by atoms with Crippen LogP contribution in [0, 0.1) is 0 Å². The quantitative estimate of drug-likeness (QED) is 0.715. The molecule has 0 saturated heterocycles. The zero-order valence-electron chi connectivity index (χ0n) is 13.2. The predicted octanol–water partition coefficient (Wildman–Crippen LogP) is 4.21. The van der Waals surface area contributed by atoms with Gasteiger partial charge in [0, 0.05) is 29.4 Å². The van der Waals surface area contributed by atoms with Crippen molar-refractivity contribution in [3.05, 3.63) is 65.4 Å². The maximum absolute atomic E-state index is 6.17. The van der Waals surface area contributed by atoms with E-state index in [9.17, 15) is 0 Å². The first kappa shape index (κ1) is 15.5. The van der Waals surface area contributed by atoms with E-state index in [1.807, 2.05) is 48.5 Å². The molecule has 7 heteroatoms. The summed E-state index contributed by atoms with van der Waals surface area (Å²) in [5.74, 6) is 2.85. The van der Waals surface area contributed by atoms with Gasteiger partial charge >= 0.3 is 0 Å². The molecule has 3 aromatic rings. The summed E-state index contributed by atoms with van der Waals surface area (Å²) >= 11 is 6.17. The third-order valence-corrected chi connectivity index (χ3v) is 4.10. The lowest BCUT2D eigenvalue weighted by atomic mass is 10.2. The number of ether oxygens (including phenoxy) is 2. The third-order valence-electron chi connectivity index (χ3n) is 3.73. The Morgan fingerprint density at radius 3 is 2.72 bits per heavy atom. The van der Waals surface area contributed by atoms with Crippen molar-refractivity contribution >= 4 is 28.9 Å². The number of hydrogen-bond acceptors (Lipinski definition) is 6. The molecule has 0 amide bonds. The van der Waals surface area contributed by atoms with Gasteiger partial charge < -0.3 is 20.1 Å². The first-order chi connectivity index (χ1) is 12.3. The summed E-state index contributed by atoms with van der Waals surface area (Å²) in [6.07, 6.45) is 1.50. The molecule has 126 valence electrons. The summed E-state index contributed by atoms with van der Waals surface area (Å²) in [6, 6.07) is 15.2. The summed E-state index contributed by atoms with van der Waals surface area (Å²) in [5, 5.41) is 7.21. The Kier molecular flexibility index (Phi) is 4.26. The Balaban J connectivity index is 1.45. The molecule has 0 saturated carbocycles. The fraction of sp³-hybridized carbons (Fsp3) is 0.111. The number of hydrogen-bond donors (Lipinski definition) is 2. The second-order valence-electron chi connectivity index (χ2n) is 5.43. The van der Waals surface area contributed by atoms with Gasteiger partial charge in [0.15, 0.2) is 11.5 Å². The standard InChI is InChI=1S/C18H15ClN4O2/c19-14-4-2-1-3-12(14)9-20-17-8-18(22-10-21-17)23-13-5-6-15-16(7-13)25-11-24-15/h1-8,10H,9,11H2,(H2,20,21,22,23). The molecule has 0 aliphatic carbocycles. The smallest absolute Gasteiger partial charge is 0.231 e. The van der Waals surface area contributed by atoms with Crippen LogP contribution in [0.15, 0.2) is 54.9 Å². The van der Waals surface area contributed by atoms with Crippen LogP contribution in [0.25, 0.3) is 0 Å². The van der Waals surface area contributed by atoms with E-state index in [0.717, 1.165) is 27.8 Å². The first-order valence-corrected chi connectivity index (χ1v) is 8.12. The molecule has 2 N–H and O–H groups in total. The molecule has 0 spiro atoms. The van der Waals surface area contributed by atoms with E-state index in [2.05, 4.69) is 20.6 Å². The van der Waals surface area contributed by atoms with Crippen LogP contribution in [0.5, 0.6) is 11.5 Å². The molecule has 1 aliphatic heterocycles. The summed E-state index contributed by atoms with van der Waals surface area (Å²) in [4.78, 5) is 8.47. The van der Waals surface area contributed by atoms with Gasteiger partial charge in [-0.1, -0.05) is 29.8 Å². The Morgan fingerprint density at radius 1 is 0.960 bits per heavy atom. The van der Waals surface area contributed by atoms with Crippen molar-refractivity contribution in [3.63, 3.8) is 0 Å². The Hall–Kier alpha value is -2.99. The second-order valence-corrected chi connectivity index (χ2v) is 5.83. The summed E-state index contributed by atoms with van der Waals surface area (Å²) in [6.45, 7) is 0.836. The fourth-order valence-electron chi connectivity index (χ4n) is 2.47. The number of nitrogens with zero attached hydrogens (tertiary/aromatic N) is 2. The van der Waals surface area contributed by atoms with Gasteiger partial charge in [0.05, 0.1) is 0 Å². The molecule has 0 bridgehead atoms. The average Bonchev–Trinajstić information content (AvgIpc) is 3.09. The lowest BCUT2D eigenvalue weighted by molar-refractivity contribution is 0.174. The van der Waals surface area contributed by atoms with E-state index < -0.39 is 0 Å². The van der Waals surface area contributed by atoms with Crippen LogP contribution in [-0.4, -0.2) is 16.8 Å². The van der Waals surface area contributed by atoms with Crippen LogP contribution >= 0.6 is 11.6 Å². The minimum Gasteiger partial charge on any atom is -0.454 e. The van der Waals surface area contributed by atoms with Crippen LogP contribution in [0.2, 0.25) is 5.02 Å². The molecular weight excluding hydrogens is 340 g/mol. The second kappa shape index (κ2) is 6.86. The average molecular weight is 355 g/mol. The van der Waals surface area contributed by atoms with Crippen molar-refractivity contribution in [3.8, 4) is 11.5 Å². The molecule has 25 heavy (non-hydrogen) atoms. The maximum atomic E-state index is 6.17. The number of nitrogens with one attached hydrogen (secondary N) is 2. The van der Waals surface area contributed by atoms with Crippen LogP contribution in [0.1, 0.15) is 5.56 Å². The minimum absolute atomic E-state index is 0.252. The van der Waals surface area contributed by atoms with E-state index in [1.165, 1.54) is 6.33 Å². The van der Waals surface area contributed by atoms with Crippen molar-refractivity contribution in [2.45, 2.75) is 6.54 Å². The Labute approximate surface area is 149 Å². The van der Waals surface area contributed by atoms with Crippen LogP contribution in [0.3, 0.4) is 0 Å². The number of halogens is 1. The SMILES string of the molecule is Clc1ccccc1CNc1cc(Nc2ccc3c(c2)OCO3)ncn1. The maximum Gasteiger partial charge on any atom is 0.231 e. The fourth-order valence-corrected chi connectivity index (χ4v) is 2.67. The van der Waals surface area contributed by atoms with Crippen LogP contribution < -0.4 is 20.1 Å². The van der Waals surface area contributed by atoms with Gasteiger partial charge in [0.2, 0.25) is 6.79 Å². The molecule has 0 atom stereocenters. The van der Waals surface area contributed by atoms with Crippen molar-refractivity contribution in [2.75, 3.05) is 17.4 Å². The molecule has 0 unspecified atom stereocenters. The predicted molar refractivity (Wildman–Crippen MR) is 96.7 cm³/mol. The molecule has 0 fully saturated rings. The van der Waals surface area contributed by atoms with Gasteiger partial charge in [-0.15, -0.1) is 0 Å². The molecule has 2 aromatic carbocycles. The highest BCUT2D eigenvalue weighted by atomic mass is 35.5.